The molecule has 0 radical (unpaired) electrons. The molecule has 29 heavy (non-hydrogen) atoms. The van der Waals surface area contributed by atoms with E-state index in [-0.39, 0.29) is 6.03 Å². The van der Waals surface area contributed by atoms with Gasteiger partial charge in [0.25, 0.3) is 0 Å². The van der Waals surface area contributed by atoms with E-state index >= 15 is 0 Å². The fourth-order valence-corrected chi connectivity index (χ4v) is 4.26. The molecular weight excluding hydrogens is 360 g/mol. The van der Waals surface area contributed by atoms with E-state index in [0.717, 1.165) is 32.6 Å². The first-order chi connectivity index (χ1) is 14.3. The summed E-state index contributed by atoms with van der Waals surface area (Å²) in [5.74, 6) is 0. The smallest absolute Gasteiger partial charge is 0.317 e. The molecule has 0 aromatic heterocycles. The van der Waals surface area contributed by atoms with Gasteiger partial charge in [0.15, 0.2) is 0 Å². The Morgan fingerprint density at radius 3 is 1.93 bits per heavy atom. The van der Waals surface area contributed by atoms with Gasteiger partial charge in [-0.05, 0) is 55.5 Å². The summed E-state index contributed by atoms with van der Waals surface area (Å²) in [6, 6.07) is 19.3. The quantitative estimate of drug-likeness (QED) is 0.842. The van der Waals surface area contributed by atoms with E-state index in [2.05, 4.69) is 51.5 Å². The number of nitrogens with one attached hydrogen (secondary N) is 1. The van der Waals surface area contributed by atoms with Crippen molar-refractivity contribution in [1.29, 1.82) is 0 Å². The molecule has 2 aliphatic rings. The molecule has 4 rings (SSSR count). The zero-order valence-electron chi connectivity index (χ0n) is 17.2. The molecule has 2 aromatic rings. The Kier molecular flexibility index (Phi) is 6.55. The standard InChI is InChI=1S/C24H32N4O/c29-24(25-14-13-21-7-3-1-4-8-21)28-19-17-27(18-20-28)23-11-9-22(10-12-23)26-15-5-2-6-16-26/h1,3-4,7-12H,2,5-6,13-20H2,(H,25,29). The highest BCUT2D eigenvalue weighted by Crippen LogP contribution is 2.24. The van der Waals surface area contributed by atoms with Crippen LogP contribution in [0.5, 0.6) is 0 Å². The van der Waals surface area contributed by atoms with E-state index in [9.17, 15) is 4.79 Å². The lowest BCUT2D eigenvalue weighted by Crippen LogP contribution is -2.52. The molecule has 2 aromatic carbocycles. The Morgan fingerprint density at radius 1 is 0.724 bits per heavy atom. The van der Waals surface area contributed by atoms with Gasteiger partial charge in [0.05, 0.1) is 0 Å². The molecule has 0 bridgehead atoms. The highest BCUT2D eigenvalue weighted by atomic mass is 16.2. The number of urea groups is 1. The van der Waals surface area contributed by atoms with Crippen molar-refractivity contribution in [3.05, 3.63) is 60.2 Å². The number of benzene rings is 2. The molecule has 0 unspecified atom stereocenters. The summed E-state index contributed by atoms with van der Waals surface area (Å²) in [7, 11) is 0. The molecule has 2 saturated heterocycles. The Morgan fingerprint density at radius 2 is 1.31 bits per heavy atom. The zero-order valence-corrected chi connectivity index (χ0v) is 17.2. The molecule has 1 N–H and O–H groups in total. The maximum absolute atomic E-state index is 12.4. The Balaban J connectivity index is 1.22. The van der Waals surface area contributed by atoms with Crippen LogP contribution in [0.15, 0.2) is 54.6 Å². The van der Waals surface area contributed by atoms with Crippen molar-refractivity contribution < 1.29 is 4.79 Å². The minimum atomic E-state index is 0.0565. The molecule has 0 spiro atoms. The van der Waals surface area contributed by atoms with Crippen molar-refractivity contribution >= 4 is 17.4 Å². The second kappa shape index (κ2) is 9.68. The van der Waals surface area contributed by atoms with Crippen LogP contribution in [0.4, 0.5) is 16.2 Å². The summed E-state index contributed by atoms with van der Waals surface area (Å²) in [6.45, 7) is 6.34. The van der Waals surface area contributed by atoms with Crippen LogP contribution >= 0.6 is 0 Å². The van der Waals surface area contributed by atoms with Crippen molar-refractivity contribution in [1.82, 2.24) is 10.2 Å². The van der Waals surface area contributed by atoms with Gasteiger partial charge in [-0.2, -0.15) is 0 Å². The van der Waals surface area contributed by atoms with Gasteiger partial charge < -0.3 is 20.0 Å². The molecule has 2 aliphatic heterocycles. The van der Waals surface area contributed by atoms with E-state index in [1.807, 2.05) is 23.1 Å². The minimum absolute atomic E-state index is 0.0565. The second-order valence-corrected chi connectivity index (χ2v) is 8.01. The molecular formula is C24H32N4O. The maximum Gasteiger partial charge on any atom is 0.317 e. The third kappa shape index (κ3) is 5.22. The van der Waals surface area contributed by atoms with Crippen LogP contribution < -0.4 is 15.1 Å². The van der Waals surface area contributed by atoms with Crippen molar-refractivity contribution in [3.63, 3.8) is 0 Å². The zero-order chi connectivity index (χ0) is 19.9. The van der Waals surface area contributed by atoms with E-state index in [1.54, 1.807) is 0 Å². The SMILES string of the molecule is O=C(NCCc1ccccc1)N1CCN(c2ccc(N3CCCCC3)cc2)CC1. The van der Waals surface area contributed by atoms with Crippen LogP contribution in [0.2, 0.25) is 0 Å². The van der Waals surface area contributed by atoms with Crippen LogP contribution in [0.3, 0.4) is 0 Å². The molecule has 5 heteroatoms. The normalized spacial score (nSPS) is 17.3. The van der Waals surface area contributed by atoms with E-state index in [0.29, 0.717) is 6.54 Å². The van der Waals surface area contributed by atoms with Gasteiger partial charge in [0.1, 0.15) is 0 Å². The summed E-state index contributed by atoms with van der Waals surface area (Å²) in [5, 5.41) is 3.06. The molecule has 2 fully saturated rings. The fraction of sp³-hybridized carbons (Fsp3) is 0.458. The summed E-state index contributed by atoms with van der Waals surface area (Å²) < 4.78 is 0. The average Bonchev–Trinajstić information content (AvgIpc) is 2.80. The lowest BCUT2D eigenvalue weighted by atomic mass is 10.1. The molecule has 0 aliphatic carbocycles. The van der Waals surface area contributed by atoms with E-state index < -0.39 is 0 Å². The monoisotopic (exact) mass is 392 g/mol. The summed E-state index contributed by atoms with van der Waals surface area (Å²) in [4.78, 5) is 19.2. The van der Waals surface area contributed by atoms with E-state index in [4.69, 9.17) is 0 Å². The average molecular weight is 393 g/mol. The van der Waals surface area contributed by atoms with Crippen LogP contribution in [0.1, 0.15) is 24.8 Å². The lowest BCUT2D eigenvalue weighted by molar-refractivity contribution is 0.194. The molecule has 0 saturated carbocycles. The number of hydrogen-bond acceptors (Lipinski definition) is 3. The molecule has 2 heterocycles. The number of amides is 2. The summed E-state index contributed by atoms with van der Waals surface area (Å²) >= 11 is 0. The lowest BCUT2D eigenvalue weighted by Gasteiger charge is -2.36. The van der Waals surface area contributed by atoms with Crippen molar-refractivity contribution in [3.8, 4) is 0 Å². The van der Waals surface area contributed by atoms with Crippen LogP contribution in [-0.2, 0) is 6.42 Å². The van der Waals surface area contributed by atoms with Gasteiger partial charge in [-0.1, -0.05) is 30.3 Å². The largest absolute Gasteiger partial charge is 0.372 e. The van der Waals surface area contributed by atoms with Crippen molar-refractivity contribution in [2.45, 2.75) is 25.7 Å². The molecule has 0 atom stereocenters. The highest BCUT2D eigenvalue weighted by Gasteiger charge is 2.21. The fourth-order valence-electron chi connectivity index (χ4n) is 4.26. The number of piperidine rings is 1. The van der Waals surface area contributed by atoms with Gasteiger partial charge in [0.2, 0.25) is 0 Å². The Labute approximate surface area is 174 Å². The molecule has 2 amide bonds. The third-order valence-corrected chi connectivity index (χ3v) is 6.04. The van der Waals surface area contributed by atoms with Gasteiger partial charge in [0, 0.05) is 57.2 Å². The van der Waals surface area contributed by atoms with Gasteiger partial charge >= 0.3 is 6.03 Å². The number of anilines is 2. The van der Waals surface area contributed by atoms with Gasteiger partial charge in [-0.3, -0.25) is 0 Å². The topological polar surface area (TPSA) is 38.8 Å². The van der Waals surface area contributed by atoms with Crippen LogP contribution in [0.25, 0.3) is 0 Å². The number of carbonyl (C=O) groups excluding carboxylic acids is 1. The first-order valence-corrected chi connectivity index (χ1v) is 11.0. The number of nitrogens with zero attached hydrogens (tertiary/aromatic N) is 3. The van der Waals surface area contributed by atoms with Crippen LogP contribution in [-0.4, -0.2) is 56.7 Å². The predicted octanol–water partition coefficient (Wildman–Crippen LogP) is 3.75. The number of hydrogen-bond donors (Lipinski definition) is 1. The number of rotatable bonds is 5. The Hall–Kier alpha value is -2.69. The van der Waals surface area contributed by atoms with E-state index in [1.165, 1.54) is 49.3 Å². The first-order valence-electron chi connectivity index (χ1n) is 11.0. The van der Waals surface area contributed by atoms with Crippen molar-refractivity contribution in [2.75, 3.05) is 55.6 Å². The summed E-state index contributed by atoms with van der Waals surface area (Å²) in [5.41, 5.74) is 3.85. The number of piperazine rings is 1. The molecule has 5 nitrogen and oxygen atoms in total. The number of carbonyl (C=O) groups is 1. The van der Waals surface area contributed by atoms with Crippen LogP contribution in [0, 0.1) is 0 Å². The van der Waals surface area contributed by atoms with Gasteiger partial charge in [-0.25, -0.2) is 4.79 Å². The minimum Gasteiger partial charge on any atom is -0.372 e. The predicted molar refractivity (Wildman–Crippen MR) is 120 cm³/mol. The Bertz CT molecular complexity index is 763. The first kappa shape index (κ1) is 19.6. The highest BCUT2D eigenvalue weighted by molar-refractivity contribution is 5.74. The van der Waals surface area contributed by atoms with Gasteiger partial charge in [-0.15, -0.1) is 0 Å². The third-order valence-electron chi connectivity index (χ3n) is 6.04. The molecule has 154 valence electrons. The summed E-state index contributed by atoms with van der Waals surface area (Å²) in [6.07, 6.45) is 4.84. The second-order valence-electron chi connectivity index (χ2n) is 8.01. The van der Waals surface area contributed by atoms with Crippen molar-refractivity contribution in [2.24, 2.45) is 0 Å². The maximum atomic E-state index is 12.4.